The van der Waals surface area contributed by atoms with E-state index in [-0.39, 0.29) is 23.0 Å². The molecule has 164 valence electrons. The van der Waals surface area contributed by atoms with E-state index < -0.39 is 0 Å². The maximum Gasteiger partial charge on any atom is 0.257 e. The van der Waals surface area contributed by atoms with Crippen molar-refractivity contribution in [2.24, 2.45) is 0 Å². The van der Waals surface area contributed by atoms with E-state index in [9.17, 15) is 9.59 Å². The summed E-state index contributed by atoms with van der Waals surface area (Å²) < 4.78 is 5.73. The molecule has 3 aromatic carbocycles. The van der Waals surface area contributed by atoms with Gasteiger partial charge in [0.15, 0.2) is 5.11 Å². The monoisotopic (exact) mass is 447 g/mol. The second-order valence-corrected chi connectivity index (χ2v) is 7.58. The minimum atomic E-state index is -0.328. The first kappa shape index (κ1) is 23.0. The summed E-state index contributed by atoms with van der Waals surface area (Å²) in [7, 11) is 0. The summed E-state index contributed by atoms with van der Waals surface area (Å²) in [6, 6.07) is 22.9. The maximum absolute atomic E-state index is 12.5. The number of ether oxygens (including phenoxy) is 1. The number of thiocarbonyl (C=S) groups is 1. The summed E-state index contributed by atoms with van der Waals surface area (Å²) in [5, 5.41) is 8.61. The largest absolute Gasteiger partial charge is 0.491 e. The molecule has 1 atom stereocenters. The molecule has 0 aromatic heterocycles. The van der Waals surface area contributed by atoms with Crippen LogP contribution in [0, 0.1) is 0 Å². The highest BCUT2D eigenvalue weighted by Gasteiger charge is 2.10. The number of nitrogens with one attached hydrogen (secondary N) is 3. The molecule has 0 saturated heterocycles. The van der Waals surface area contributed by atoms with Gasteiger partial charge >= 0.3 is 0 Å². The summed E-state index contributed by atoms with van der Waals surface area (Å²) in [5.74, 6) is 0.177. The van der Waals surface area contributed by atoms with E-state index >= 15 is 0 Å². The van der Waals surface area contributed by atoms with Gasteiger partial charge in [-0.1, -0.05) is 31.2 Å². The molecule has 3 aromatic rings. The SMILES string of the molecule is CCC(C)Oc1ccc(C(=O)NC(=S)Nc2cccc(NC(=O)c3ccccc3)c2)cc1. The van der Waals surface area contributed by atoms with Gasteiger partial charge in [-0.3, -0.25) is 14.9 Å². The Bertz CT molecular complexity index is 1090. The molecular formula is C25H25N3O3S. The highest BCUT2D eigenvalue weighted by molar-refractivity contribution is 7.80. The summed E-state index contributed by atoms with van der Waals surface area (Å²) in [4.78, 5) is 24.8. The number of amides is 2. The number of benzene rings is 3. The summed E-state index contributed by atoms with van der Waals surface area (Å²) >= 11 is 5.26. The molecular weight excluding hydrogens is 422 g/mol. The van der Waals surface area contributed by atoms with E-state index in [2.05, 4.69) is 16.0 Å². The van der Waals surface area contributed by atoms with E-state index in [0.717, 1.165) is 6.42 Å². The fourth-order valence-electron chi connectivity index (χ4n) is 2.81. The van der Waals surface area contributed by atoms with Crippen LogP contribution >= 0.6 is 12.2 Å². The van der Waals surface area contributed by atoms with Crippen molar-refractivity contribution in [3.8, 4) is 5.75 Å². The van der Waals surface area contributed by atoms with Gasteiger partial charge in [-0.15, -0.1) is 0 Å². The summed E-state index contributed by atoms with van der Waals surface area (Å²) in [6.45, 7) is 4.04. The van der Waals surface area contributed by atoms with Crippen LogP contribution in [0.2, 0.25) is 0 Å². The number of rotatable bonds is 7. The van der Waals surface area contributed by atoms with Crippen LogP contribution in [-0.2, 0) is 0 Å². The molecule has 0 spiro atoms. The molecule has 0 fully saturated rings. The topological polar surface area (TPSA) is 79.5 Å². The Morgan fingerprint density at radius 1 is 0.844 bits per heavy atom. The van der Waals surface area contributed by atoms with Crippen LogP contribution in [0.3, 0.4) is 0 Å². The Balaban J connectivity index is 1.56. The lowest BCUT2D eigenvalue weighted by molar-refractivity contribution is 0.0976. The number of hydrogen-bond acceptors (Lipinski definition) is 4. The van der Waals surface area contributed by atoms with Crippen LogP contribution in [0.4, 0.5) is 11.4 Å². The molecule has 0 aliphatic heterocycles. The van der Waals surface area contributed by atoms with Gasteiger partial charge in [0, 0.05) is 22.5 Å². The Kier molecular flexibility index (Phi) is 7.94. The van der Waals surface area contributed by atoms with Gasteiger partial charge < -0.3 is 15.4 Å². The third-order valence-electron chi connectivity index (χ3n) is 4.67. The third kappa shape index (κ3) is 6.65. The molecule has 32 heavy (non-hydrogen) atoms. The highest BCUT2D eigenvalue weighted by atomic mass is 32.1. The zero-order valence-electron chi connectivity index (χ0n) is 17.9. The number of carbonyl (C=O) groups excluding carboxylic acids is 2. The number of hydrogen-bond donors (Lipinski definition) is 3. The lowest BCUT2D eigenvalue weighted by atomic mass is 10.2. The van der Waals surface area contributed by atoms with Gasteiger partial charge in [0.1, 0.15) is 5.75 Å². The second kappa shape index (κ2) is 11.1. The predicted molar refractivity (Wildman–Crippen MR) is 131 cm³/mol. The second-order valence-electron chi connectivity index (χ2n) is 7.17. The van der Waals surface area contributed by atoms with Crippen molar-refractivity contribution in [2.75, 3.05) is 10.6 Å². The van der Waals surface area contributed by atoms with Crippen molar-refractivity contribution in [3.05, 3.63) is 90.0 Å². The van der Waals surface area contributed by atoms with Crippen LogP contribution in [0.1, 0.15) is 41.0 Å². The molecule has 0 aliphatic rings. The van der Waals surface area contributed by atoms with E-state index in [1.165, 1.54) is 0 Å². The first-order chi connectivity index (χ1) is 15.4. The van der Waals surface area contributed by atoms with Crippen LogP contribution < -0.4 is 20.7 Å². The first-order valence-electron chi connectivity index (χ1n) is 10.3. The number of carbonyl (C=O) groups is 2. The Morgan fingerprint density at radius 3 is 2.12 bits per heavy atom. The van der Waals surface area contributed by atoms with Gasteiger partial charge in [0.05, 0.1) is 6.10 Å². The predicted octanol–water partition coefficient (Wildman–Crippen LogP) is 5.24. The van der Waals surface area contributed by atoms with Crippen molar-refractivity contribution < 1.29 is 14.3 Å². The quantitative estimate of drug-likeness (QED) is 0.432. The van der Waals surface area contributed by atoms with Crippen molar-refractivity contribution in [2.45, 2.75) is 26.4 Å². The van der Waals surface area contributed by atoms with E-state index in [4.69, 9.17) is 17.0 Å². The molecule has 0 heterocycles. The maximum atomic E-state index is 12.5. The van der Waals surface area contributed by atoms with Crippen molar-refractivity contribution in [1.82, 2.24) is 5.32 Å². The minimum Gasteiger partial charge on any atom is -0.491 e. The molecule has 3 N–H and O–H groups in total. The molecule has 7 heteroatoms. The van der Waals surface area contributed by atoms with E-state index in [1.54, 1.807) is 72.8 Å². The van der Waals surface area contributed by atoms with E-state index in [1.807, 2.05) is 19.9 Å². The molecule has 3 rings (SSSR count). The Morgan fingerprint density at radius 2 is 1.47 bits per heavy atom. The first-order valence-corrected chi connectivity index (χ1v) is 10.7. The van der Waals surface area contributed by atoms with Crippen molar-refractivity contribution in [3.63, 3.8) is 0 Å². The minimum absolute atomic E-state index is 0.111. The zero-order valence-corrected chi connectivity index (χ0v) is 18.7. The van der Waals surface area contributed by atoms with Gasteiger partial charge in [-0.05, 0) is 80.2 Å². The lowest BCUT2D eigenvalue weighted by Gasteiger charge is -2.13. The molecule has 0 saturated carbocycles. The fraction of sp³-hybridized carbons (Fsp3) is 0.160. The van der Waals surface area contributed by atoms with Gasteiger partial charge in [0.2, 0.25) is 0 Å². The summed E-state index contributed by atoms with van der Waals surface area (Å²) in [5.41, 5.74) is 2.28. The van der Waals surface area contributed by atoms with Crippen molar-refractivity contribution >= 4 is 40.5 Å². The molecule has 0 aliphatic carbocycles. The number of anilines is 2. The van der Waals surface area contributed by atoms with Crippen LogP contribution in [0.25, 0.3) is 0 Å². The molecule has 0 bridgehead atoms. The molecule has 2 amide bonds. The summed E-state index contributed by atoms with van der Waals surface area (Å²) in [6.07, 6.45) is 1.01. The highest BCUT2D eigenvalue weighted by Crippen LogP contribution is 2.17. The fourth-order valence-corrected chi connectivity index (χ4v) is 3.02. The Labute approximate surface area is 193 Å². The molecule has 1 unspecified atom stereocenters. The normalized spacial score (nSPS) is 11.2. The standard InChI is InChI=1S/C25H25N3O3S/c1-3-17(2)31-22-14-12-19(13-15-22)24(30)28-25(32)27-21-11-7-10-20(16-21)26-23(29)18-8-5-4-6-9-18/h4-17H,3H2,1-2H3,(H,26,29)(H2,27,28,30,32). The third-order valence-corrected chi connectivity index (χ3v) is 4.87. The molecule has 0 radical (unpaired) electrons. The van der Waals surface area contributed by atoms with Gasteiger partial charge in [0.25, 0.3) is 11.8 Å². The van der Waals surface area contributed by atoms with Gasteiger partial charge in [-0.25, -0.2) is 0 Å². The average molecular weight is 448 g/mol. The van der Waals surface area contributed by atoms with Crippen LogP contribution in [0.5, 0.6) is 5.75 Å². The average Bonchev–Trinajstić information content (AvgIpc) is 2.80. The van der Waals surface area contributed by atoms with Crippen molar-refractivity contribution in [1.29, 1.82) is 0 Å². The van der Waals surface area contributed by atoms with Crippen LogP contribution in [-0.4, -0.2) is 23.0 Å². The molecule has 6 nitrogen and oxygen atoms in total. The lowest BCUT2D eigenvalue weighted by Crippen LogP contribution is -2.34. The smallest absolute Gasteiger partial charge is 0.257 e. The Hall–Kier alpha value is -3.71. The van der Waals surface area contributed by atoms with Gasteiger partial charge in [-0.2, -0.15) is 0 Å². The van der Waals surface area contributed by atoms with Crippen LogP contribution in [0.15, 0.2) is 78.9 Å². The zero-order chi connectivity index (χ0) is 22.9. The van der Waals surface area contributed by atoms with E-state index in [0.29, 0.717) is 28.3 Å².